The molecule has 1 aliphatic carbocycles. The van der Waals surface area contributed by atoms with E-state index in [1.807, 2.05) is 0 Å². The maximum atomic E-state index is 6.13. The first kappa shape index (κ1) is 18.5. The van der Waals surface area contributed by atoms with Gasteiger partial charge >= 0.3 is 0 Å². The molecule has 3 rings (SSSR count). The van der Waals surface area contributed by atoms with Gasteiger partial charge in [-0.05, 0) is 37.0 Å². The average Bonchev–Trinajstić information content (AvgIpc) is 2.53. The second-order valence-electron chi connectivity index (χ2n) is 7.05. The Hall–Kier alpha value is -0.820. The van der Waals surface area contributed by atoms with Crippen LogP contribution in [0.2, 0.25) is 0 Å². The van der Waals surface area contributed by atoms with Crippen LogP contribution in [0.15, 0.2) is 29.3 Å². The molecule has 0 radical (unpaired) electrons. The molecule has 2 aliphatic rings. The number of aliphatic imine (C=N–C) groups is 1. The van der Waals surface area contributed by atoms with Gasteiger partial charge in [-0.3, -0.25) is 0 Å². The van der Waals surface area contributed by atoms with Crippen LogP contribution in [0.5, 0.6) is 0 Å². The lowest BCUT2D eigenvalue weighted by molar-refractivity contribution is -0.182. The molecule has 1 saturated heterocycles. The van der Waals surface area contributed by atoms with Gasteiger partial charge in [-0.1, -0.05) is 32.9 Å². The number of guanidine groups is 1. The molecule has 1 aliphatic heterocycles. The highest BCUT2D eigenvalue weighted by Crippen LogP contribution is 2.53. The van der Waals surface area contributed by atoms with Crippen molar-refractivity contribution in [3.63, 3.8) is 0 Å². The highest BCUT2D eigenvalue weighted by Gasteiger charge is 2.58. The first-order chi connectivity index (χ1) is 10.5. The number of nitrogens with two attached hydrogens (primary N) is 1. The molecule has 3 unspecified atom stereocenters. The third-order valence-corrected chi connectivity index (χ3v) is 5.18. The maximum Gasteiger partial charge on any atom is 0.193 e. The Morgan fingerprint density at radius 2 is 2.04 bits per heavy atom. The number of nitrogens with zero attached hydrogens (tertiary/aromatic N) is 1. The molecule has 23 heavy (non-hydrogen) atoms. The second-order valence-corrected chi connectivity index (χ2v) is 7.05. The lowest BCUT2D eigenvalue weighted by Gasteiger charge is -2.58. The van der Waals surface area contributed by atoms with Crippen molar-refractivity contribution < 1.29 is 4.74 Å². The van der Waals surface area contributed by atoms with E-state index in [0.29, 0.717) is 18.0 Å². The molecule has 3 N–H and O–H groups in total. The summed E-state index contributed by atoms with van der Waals surface area (Å²) in [6, 6.07) is 8.60. The quantitative estimate of drug-likeness (QED) is 0.437. The molecule has 1 heterocycles. The fourth-order valence-electron chi connectivity index (χ4n) is 3.91. The molecule has 0 aromatic heterocycles. The molecular formula is C18H28IN3O. The Kier molecular flexibility index (Phi) is 5.94. The molecule has 1 aromatic rings. The zero-order valence-electron chi connectivity index (χ0n) is 14.2. The number of benzene rings is 1. The van der Waals surface area contributed by atoms with Gasteiger partial charge in [0.1, 0.15) is 0 Å². The third kappa shape index (κ3) is 3.65. The topological polar surface area (TPSA) is 59.6 Å². The molecule has 0 spiro atoms. The lowest BCUT2D eigenvalue weighted by Crippen LogP contribution is -2.64. The van der Waals surface area contributed by atoms with Crippen LogP contribution in [0.1, 0.15) is 39.2 Å². The standard InChI is InChI=1S/C18H27N3O.HI/c1-4-12-7-9-13(10-8-12)20-17(19)21-15-14-6-5-11-22-16(14)18(15,2)3;/h7-10,14-16H,4-6,11H2,1-3H3,(H3,19,20,21);1H. The summed E-state index contributed by atoms with van der Waals surface area (Å²) in [5.41, 5.74) is 8.52. The van der Waals surface area contributed by atoms with Crippen LogP contribution >= 0.6 is 24.0 Å². The van der Waals surface area contributed by atoms with E-state index in [1.54, 1.807) is 0 Å². The zero-order chi connectivity index (χ0) is 15.7. The minimum Gasteiger partial charge on any atom is -0.377 e. The van der Waals surface area contributed by atoms with Crippen LogP contribution in [0.4, 0.5) is 5.69 Å². The minimum atomic E-state index is 0. The van der Waals surface area contributed by atoms with Crippen molar-refractivity contribution in [1.82, 2.24) is 0 Å². The Morgan fingerprint density at radius 1 is 1.35 bits per heavy atom. The first-order valence-electron chi connectivity index (χ1n) is 8.33. The van der Waals surface area contributed by atoms with E-state index in [0.717, 1.165) is 25.1 Å². The number of fused-ring (bicyclic) bond motifs is 1. The van der Waals surface area contributed by atoms with Gasteiger partial charge in [0.05, 0.1) is 12.1 Å². The van der Waals surface area contributed by atoms with E-state index >= 15 is 0 Å². The highest BCUT2D eigenvalue weighted by atomic mass is 127. The van der Waals surface area contributed by atoms with Gasteiger partial charge in [-0.25, -0.2) is 4.99 Å². The first-order valence-corrected chi connectivity index (χ1v) is 8.33. The van der Waals surface area contributed by atoms with E-state index < -0.39 is 0 Å². The number of halogens is 1. The summed E-state index contributed by atoms with van der Waals surface area (Å²) < 4.78 is 5.92. The van der Waals surface area contributed by atoms with E-state index in [2.05, 4.69) is 50.4 Å². The smallest absolute Gasteiger partial charge is 0.193 e. The Labute approximate surface area is 156 Å². The van der Waals surface area contributed by atoms with Gasteiger partial charge in [-0.2, -0.15) is 0 Å². The Morgan fingerprint density at radius 3 is 2.70 bits per heavy atom. The fraction of sp³-hybridized carbons (Fsp3) is 0.611. The Balaban J connectivity index is 0.00000192. The summed E-state index contributed by atoms with van der Waals surface area (Å²) in [5.74, 6) is 1.03. The number of hydrogen-bond acceptors (Lipinski definition) is 2. The largest absolute Gasteiger partial charge is 0.377 e. The monoisotopic (exact) mass is 429 g/mol. The van der Waals surface area contributed by atoms with Crippen molar-refractivity contribution >= 4 is 35.6 Å². The SMILES string of the molecule is CCc1ccc(NC(N)=NC2C3CCCOC3C2(C)C)cc1.I. The van der Waals surface area contributed by atoms with Crippen LogP contribution in [0.25, 0.3) is 0 Å². The molecule has 1 saturated carbocycles. The van der Waals surface area contributed by atoms with Crippen molar-refractivity contribution in [2.45, 2.75) is 52.2 Å². The van der Waals surface area contributed by atoms with Gasteiger partial charge in [-0.15, -0.1) is 24.0 Å². The van der Waals surface area contributed by atoms with Crippen molar-refractivity contribution in [1.29, 1.82) is 0 Å². The average molecular weight is 429 g/mol. The van der Waals surface area contributed by atoms with Crippen LogP contribution in [-0.2, 0) is 11.2 Å². The third-order valence-electron chi connectivity index (χ3n) is 5.18. The molecule has 0 bridgehead atoms. The fourth-order valence-corrected chi connectivity index (χ4v) is 3.91. The molecule has 2 fully saturated rings. The molecular weight excluding hydrogens is 401 g/mol. The second kappa shape index (κ2) is 7.38. The highest BCUT2D eigenvalue weighted by molar-refractivity contribution is 14.0. The van der Waals surface area contributed by atoms with Crippen molar-refractivity contribution in [2.75, 3.05) is 11.9 Å². The number of hydrogen-bond donors (Lipinski definition) is 2. The molecule has 128 valence electrons. The minimum absolute atomic E-state index is 0. The van der Waals surface area contributed by atoms with E-state index in [4.69, 9.17) is 15.5 Å². The summed E-state index contributed by atoms with van der Waals surface area (Å²) >= 11 is 0. The van der Waals surface area contributed by atoms with E-state index in [9.17, 15) is 0 Å². The van der Waals surface area contributed by atoms with Gasteiger partial charge < -0.3 is 15.8 Å². The van der Waals surface area contributed by atoms with Crippen molar-refractivity contribution in [3.8, 4) is 0 Å². The summed E-state index contributed by atoms with van der Waals surface area (Å²) in [4.78, 5) is 4.76. The predicted molar refractivity (Wildman–Crippen MR) is 107 cm³/mol. The van der Waals surface area contributed by atoms with Crippen LogP contribution in [0.3, 0.4) is 0 Å². The zero-order valence-corrected chi connectivity index (χ0v) is 16.5. The molecule has 1 aromatic carbocycles. The van der Waals surface area contributed by atoms with Gasteiger partial charge in [0, 0.05) is 23.6 Å². The van der Waals surface area contributed by atoms with Crippen LogP contribution in [0, 0.1) is 11.3 Å². The number of nitrogens with one attached hydrogen (secondary N) is 1. The number of aryl methyl sites for hydroxylation is 1. The summed E-state index contributed by atoms with van der Waals surface area (Å²) in [7, 11) is 0. The van der Waals surface area contributed by atoms with Crippen molar-refractivity contribution in [3.05, 3.63) is 29.8 Å². The van der Waals surface area contributed by atoms with Gasteiger partial charge in [0.2, 0.25) is 0 Å². The predicted octanol–water partition coefficient (Wildman–Crippen LogP) is 3.80. The summed E-state index contributed by atoms with van der Waals surface area (Å²) in [6.45, 7) is 7.51. The normalized spacial score (nSPS) is 29.0. The summed E-state index contributed by atoms with van der Waals surface area (Å²) in [6.07, 6.45) is 3.71. The van der Waals surface area contributed by atoms with E-state index in [-0.39, 0.29) is 35.4 Å². The van der Waals surface area contributed by atoms with Crippen LogP contribution in [-0.4, -0.2) is 24.7 Å². The van der Waals surface area contributed by atoms with Gasteiger partial charge in [0.15, 0.2) is 5.96 Å². The molecule has 5 heteroatoms. The Bertz CT molecular complexity index is 556. The maximum absolute atomic E-state index is 6.13. The molecule has 4 nitrogen and oxygen atoms in total. The number of rotatable bonds is 3. The number of ether oxygens (including phenoxy) is 1. The van der Waals surface area contributed by atoms with Gasteiger partial charge in [0.25, 0.3) is 0 Å². The lowest BCUT2D eigenvalue weighted by atomic mass is 9.55. The van der Waals surface area contributed by atoms with Crippen molar-refractivity contribution in [2.24, 2.45) is 22.1 Å². The van der Waals surface area contributed by atoms with Crippen LogP contribution < -0.4 is 11.1 Å². The molecule has 0 amide bonds. The number of anilines is 1. The van der Waals surface area contributed by atoms with E-state index in [1.165, 1.54) is 12.0 Å². The molecule has 3 atom stereocenters. The summed E-state index contributed by atoms with van der Waals surface area (Å²) in [5, 5.41) is 3.21.